The predicted octanol–water partition coefficient (Wildman–Crippen LogP) is 2.64. The second-order valence-electron chi connectivity index (χ2n) is 4.78. The number of benzene rings is 1. The molecule has 1 atom stereocenters. The number of thioether (sulfide) groups is 1. The summed E-state index contributed by atoms with van der Waals surface area (Å²) < 4.78 is 9.85. The van der Waals surface area contributed by atoms with Crippen LogP contribution in [0.4, 0.5) is 4.79 Å². The third-order valence-electron chi connectivity index (χ3n) is 3.04. The Morgan fingerprint density at radius 2 is 2.00 bits per heavy atom. The van der Waals surface area contributed by atoms with E-state index >= 15 is 0 Å². The lowest BCUT2D eigenvalue weighted by Gasteiger charge is -2.16. The van der Waals surface area contributed by atoms with Crippen LogP contribution in [-0.2, 0) is 20.9 Å². The van der Waals surface area contributed by atoms with Gasteiger partial charge in [0, 0.05) is 23.0 Å². The summed E-state index contributed by atoms with van der Waals surface area (Å²) in [4.78, 5) is 28.6. The van der Waals surface area contributed by atoms with Crippen molar-refractivity contribution in [1.29, 1.82) is 0 Å². The molecule has 1 amide bonds. The fraction of sp³-hybridized carbons (Fsp3) is 0.235. The quantitative estimate of drug-likeness (QED) is 0.613. The summed E-state index contributed by atoms with van der Waals surface area (Å²) in [5, 5.41) is 2.53. The molecule has 2 aromatic rings. The number of nitrogens with zero attached hydrogens (tertiary/aromatic N) is 1. The van der Waals surface area contributed by atoms with Crippen LogP contribution in [0.1, 0.15) is 5.56 Å². The van der Waals surface area contributed by atoms with E-state index in [1.807, 2.05) is 36.4 Å². The number of hydrogen-bond acceptors (Lipinski definition) is 6. The van der Waals surface area contributed by atoms with Crippen molar-refractivity contribution in [1.82, 2.24) is 10.3 Å². The zero-order chi connectivity index (χ0) is 17.2. The van der Waals surface area contributed by atoms with Crippen molar-refractivity contribution in [3.8, 4) is 0 Å². The lowest BCUT2D eigenvalue weighted by molar-refractivity contribution is -0.142. The number of nitrogens with one attached hydrogen (secondary N) is 1. The molecule has 6 nitrogen and oxygen atoms in total. The van der Waals surface area contributed by atoms with Crippen LogP contribution in [-0.4, -0.2) is 36.0 Å². The van der Waals surface area contributed by atoms with Gasteiger partial charge in [0.05, 0.1) is 7.11 Å². The number of ether oxygens (including phenoxy) is 2. The van der Waals surface area contributed by atoms with Crippen LogP contribution >= 0.6 is 11.8 Å². The second-order valence-corrected chi connectivity index (χ2v) is 5.87. The molecule has 0 unspecified atom stereocenters. The van der Waals surface area contributed by atoms with Crippen LogP contribution in [0.2, 0.25) is 0 Å². The molecule has 1 aromatic heterocycles. The van der Waals surface area contributed by atoms with Crippen LogP contribution in [0.15, 0.2) is 59.8 Å². The standard InChI is InChI=1S/C17H18N2O4S/c1-22-16(20)15(12-24-14-8-5-9-18-10-14)19-17(21)23-11-13-6-3-2-4-7-13/h2-10,15H,11-12H2,1H3,(H,19,21)/t15-/m0/s1. The first-order chi connectivity index (χ1) is 11.7. The van der Waals surface area contributed by atoms with Crippen molar-refractivity contribution >= 4 is 23.8 Å². The third-order valence-corrected chi connectivity index (χ3v) is 4.12. The number of amides is 1. The molecule has 1 heterocycles. The topological polar surface area (TPSA) is 77.5 Å². The minimum absolute atomic E-state index is 0.135. The van der Waals surface area contributed by atoms with Crippen molar-refractivity contribution in [2.75, 3.05) is 12.9 Å². The zero-order valence-corrected chi connectivity index (χ0v) is 14.0. The van der Waals surface area contributed by atoms with Gasteiger partial charge in [0.2, 0.25) is 0 Å². The molecule has 0 saturated heterocycles. The molecule has 24 heavy (non-hydrogen) atoms. The first-order valence-electron chi connectivity index (χ1n) is 7.27. The summed E-state index contributed by atoms with van der Waals surface area (Å²) in [5.41, 5.74) is 0.868. The molecular weight excluding hydrogens is 328 g/mol. The highest BCUT2D eigenvalue weighted by atomic mass is 32.2. The number of hydrogen-bond donors (Lipinski definition) is 1. The fourth-order valence-corrected chi connectivity index (χ4v) is 2.72. The van der Waals surface area contributed by atoms with Gasteiger partial charge in [0.1, 0.15) is 12.6 Å². The molecule has 0 aliphatic rings. The highest BCUT2D eigenvalue weighted by Gasteiger charge is 2.22. The molecule has 0 aliphatic heterocycles. The predicted molar refractivity (Wildman–Crippen MR) is 90.5 cm³/mol. The minimum Gasteiger partial charge on any atom is -0.467 e. The highest BCUT2D eigenvalue weighted by molar-refractivity contribution is 7.99. The van der Waals surface area contributed by atoms with E-state index in [-0.39, 0.29) is 6.61 Å². The van der Waals surface area contributed by atoms with Gasteiger partial charge in [0.15, 0.2) is 0 Å². The van der Waals surface area contributed by atoms with Crippen LogP contribution in [0.25, 0.3) is 0 Å². The van der Waals surface area contributed by atoms with Gasteiger partial charge in [-0.25, -0.2) is 9.59 Å². The molecule has 0 radical (unpaired) electrons. The molecule has 7 heteroatoms. The number of methoxy groups -OCH3 is 1. The lowest BCUT2D eigenvalue weighted by atomic mass is 10.2. The number of aromatic nitrogens is 1. The Hall–Kier alpha value is -2.54. The van der Waals surface area contributed by atoms with Crippen LogP contribution in [0.3, 0.4) is 0 Å². The lowest BCUT2D eigenvalue weighted by Crippen LogP contribution is -2.43. The van der Waals surface area contributed by atoms with Crippen molar-refractivity contribution in [2.45, 2.75) is 17.5 Å². The smallest absolute Gasteiger partial charge is 0.408 e. The Bertz CT molecular complexity index is 652. The summed E-state index contributed by atoms with van der Waals surface area (Å²) in [6.07, 6.45) is 2.69. The largest absolute Gasteiger partial charge is 0.467 e. The van der Waals surface area contributed by atoms with Crippen LogP contribution in [0, 0.1) is 0 Å². The van der Waals surface area contributed by atoms with Crippen LogP contribution in [0.5, 0.6) is 0 Å². The summed E-state index contributed by atoms with van der Waals surface area (Å²) >= 11 is 1.40. The number of pyridine rings is 1. The van der Waals surface area contributed by atoms with E-state index in [1.54, 1.807) is 18.5 Å². The monoisotopic (exact) mass is 346 g/mol. The van der Waals surface area contributed by atoms with E-state index in [0.717, 1.165) is 10.5 Å². The zero-order valence-electron chi connectivity index (χ0n) is 13.2. The van der Waals surface area contributed by atoms with Gasteiger partial charge < -0.3 is 14.8 Å². The molecule has 0 spiro atoms. The van der Waals surface area contributed by atoms with Gasteiger partial charge in [-0.1, -0.05) is 30.3 Å². The Labute approximate surface area is 144 Å². The van der Waals surface area contributed by atoms with E-state index < -0.39 is 18.1 Å². The molecule has 0 bridgehead atoms. The molecule has 1 aromatic carbocycles. The van der Waals surface area contributed by atoms with Gasteiger partial charge >= 0.3 is 12.1 Å². The van der Waals surface area contributed by atoms with Gasteiger partial charge in [-0.15, -0.1) is 11.8 Å². The van der Waals surface area contributed by atoms with Crippen molar-refractivity contribution in [3.05, 3.63) is 60.4 Å². The summed E-state index contributed by atoms with van der Waals surface area (Å²) in [6, 6.07) is 12.2. The third kappa shape index (κ3) is 5.92. The number of rotatable bonds is 7. The van der Waals surface area contributed by atoms with E-state index in [2.05, 4.69) is 10.3 Å². The summed E-state index contributed by atoms with van der Waals surface area (Å²) in [7, 11) is 1.28. The Morgan fingerprint density at radius 3 is 2.67 bits per heavy atom. The Balaban J connectivity index is 1.85. The molecule has 0 saturated carbocycles. The van der Waals surface area contributed by atoms with Crippen molar-refractivity contribution < 1.29 is 19.1 Å². The fourth-order valence-electron chi connectivity index (χ4n) is 1.83. The molecular formula is C17H18N2O4S. The average molecular weight is 346 g/mol. The maximum atomic E-state index is 11.9. The molecule has 0 aliphatic carbocycles. The van der Waals surface area contributed by atoms with Gasteiger partial charge in [0.25, 0.3) is 0 Å². The molecule has 1 N–H and O–H groups in total. The van der Waals surface area contributed by atoms with Crippen LogP contribution < -0.4 is 5.32 Å². The first kappa shape index (κ1) is 17.8. The average Bonchev–Trinajstić information content (AvgIpc) is 2.64. The van der Waals surface area contributed by atoms with Crippen molar-refractivity contribution in [2.24, 2.45) is 0 Å². The number of esters is 1. The van der Waals surface area contributed by atoms with Gasteiger partial charge in [-0.2, -0.15) is 0 Å². The van der Waals surface area contributed by atoms with E-state index in [4.69, 9.17) is 9.47 Å². The molecule has 2 rings (SSSR count). The van der Waals surface area contributed by atoms with Gasteiger partial charge in [-0.3, -0.25) is 4.98 Å². The SMILES string of the molecule is COC(=O)[C@H](CSc1cccnc1)NC(=O)OCc1ccccc1. The normalized spacial score (nSPS) is 11.4. The Kier molecular flexibility index (Phi) is 7.10. The number of carbonyl (C=O) groups is 2. The summed E-state index contributed by atoms with van der Waals surface area (Å²) in [6.45, 7) is 0.135. The van der Waals surface area contributed by atoms with E-state index in [1.165, 1.54) is 18.9 Å². The van der Waals surface area contributed by atoms with Crippen molar-refractivity contribution in [3.63, 3.8) is 0 Å². The highest BCUT2D eigenvalue weighted by Crippen LogP contribution is 2.17. The minimum atomic E-state index is -0.802. The first-order valence-corrected chi connectivity index (χ1v) is 8.25. The Morgan fingerprint density at radius 1 is 1.21 bits per heavy atom. The second kappa shape index (κ2) is 9.57. The number of carbonyl (C=O) groups excluding carboxylic acids is 2. The maximum Gasteiger partial charge on any atom is 0.408 e. The summed E-state index contributed by atoms with van der Waals surface area (Å²) in [5.74, 6) is -0.207. The maximum absolute atomic E-state index is 11.9. The van der Waals surface area contributed by atoms with E-state index in [9.17, 15) is 9.59 Å². The van der Waals surface area contributed by atoms with Gasteiger partial charge in [-0.05, 0) is 17.7 Å². The molecule has 0 fully saturated rings. The number of alkyl carbamates (subject to hydrolysis) is 1. The van der Waals surface area contributed by atoms with E-state index in [0.29, 0.717) is 5.75 Å². The molecule has 126 valence electrons.